The third kappa shape index (κ3) is 3.66. The molecule has 5 heteroatoms. The number of aryl methyl sites for hydroxylation is 2. The number of nitrogens with zero attached hydrogens (tertiary/aromatic N) is 1. The van der Waals surface area contributed by atoms with Crippen LogP contribution in [0.25, 0.3) is 0 Å². The fourth-order valence-corrected chi connectivity index (χ4v) is 3.54. The van der Waals surface area contributed by atoms with Crippen LogP contribution in [0.5, 0.6) is 0 Å². The van der Waals surface area contributed by atoms with E-state index in [-0.39, 0.29) is 5.25 Å². The van der Waals surface area contributed by atoms with Gasteiger partial charge in [0.15, 0.2) is 0 Å². The van der Waals surface area contributed by atoms with E-state index >= 15 is 0 Å². The summed E-state index contributed by atoms with van der Waals surface area (Å²) in [6.45, 7) is 6.61. The largest absolute Gasteiger partial charge is 0.330 e. The molecule has 0 aliphatic rings. The van der Waals surface area contributed by atoms with E-state index in [1.165, 1.54) is 4.88 Å². The van der Waals surface area contributed by atoms with Crippen LogP contribution in [0.15, 0.2) is 0 Å². The number of hydrogen-bond donors (Lipinski definition) is 1. The van der Waals surface area contributed by atoms with Crippen molar-refractivity contribution in [2.24, 2.45) is 5.73 Å². The standard InChI is InChI=1S/C10H18N2OS2/c1-7(4-5-11)15(13)6-10-12-8(2)9(3)14-10/h7H,4-6,11H2,1-3H3. The van der Waals surface area contributed by atoms with E-state index < -0.39 is 10.8 Å². The minimum atomic E-state index is -0.843. The molecule has 0 radical (unpaired) electrons. The Hall–Kier alpha value is -0.260. The van der Waals surface area contributed by atoms with Crippen LogP contribution in [0.4, 0.5) is 0 Å². The number of rotatable bonds is 5. The average Bonchev–Trinajstić information content (AvgIpc) is 2.46. The molecule has 2 N–H and O–H groups in total. The second-order valence-electron chi connectivity index (χ2n) is 3.66. The highest BCUT2D eigenvalue weighted by Crippen LogP contribution is 2.19. The van der Waals surface area contributed by atoms with E-state index in [0.717, 1.165) is 17.1 Å². The Kier molecular flexibility index (Phi) is 4.89. The molecule has 2 atom stereocenters. The van der Waals surface area contributed by atoms with Gasteiger partial charge in [-0.1, -0.05) is 6.92 Å². The minimum Gasteiger partial charge on any atom is -0.330 e. The fraction of sp³-hybridized carbons (Fsp3) is 0.700. The Bertz CT molecular complexity index is 330. The van der Waals surface area contributed by atoms with Crippen molar-refractivity contribution in [1.29, 1.82) is 0 Å². The lowest BCUT2D eigenvalue weighted by atomic mass is 10.3. The Labute approximate surface area is 97.6 Å². The highest BCUT2D eigenvalue weighted by Gasteiger charge is 2.13. The quantitative estimate of drug-likeness (QED) is 0.861. The van der Waals surface area contributed by atoms with Gasteiger partial charge in [0.25, 0.3) is 0 Å². The summed E-state index contributed by atoms with van der Waals surface area (Å²) in [6.07, 6.45) is 0.815. The van der Waals surface area contributed by atoms with Crippen molar-refractivity contribution < 1.29 is 4.21 Å². The molecule has 1 aromatic heterocycles. The van der Waals surface area contributed by atoms with Gasteiger partial charge in [0.05, 0.1) is 11.4 Å². The first-order valence-corrected chi connectivity index (χ1v) is 7.24. The molecule has 15 heavy (non-hydrogen) atoms. The molecule has 2 unspecified atom stereocenters. The second kappa shape index (κ2) is 5.72. The molecule has 0 aliphatic heterocycles. The Morgan fingerprint density at radius 1 is 1.53 bits per heavy atom. The molecule has 3 nitrogen and oxygen atoms in total. The molecule has 1 heterocycles. The van der Waals surface area contributed by atoms with E-state index in [2.05, 4.69) is 4.98 Å². The van der Waals surface area contributed by atoms with E-state index in [0.29, 0.717) is 12.3 Å². The molecular formula is C10H18N2OS2. The van der Waals surface area contributed by atoms with Crippen molar-refractivity contribution in [3.63, 3.8) is 0 Å². The normalized spacial score (nSPS) is 15.2. The van der Waals surface area contributed by atoms with Gasteiger partial charge in [-0.15, -0.1) is 11.3 Å². The maximum Gasteiger partial charge on any atom is 0.106 e. The molecule has 0 aliphatic carbocycles. The molecule has 0 bridgehead atoms. The van der Waals surface area contributed by atoms with E-state index in [9.17, 15) is 4.21 Å². The first kappa shape index (κ1) is 12.8. The van der Waals surface area contributed by atoms with Gasteiger partial charge in [0.2, 0.25) is 0 Å². The first-order valence-electron chi connectivity index (χ1n) is 5.04. The Balaban J connectivity index is 2.58. The van der Waals surface area contributed by atoms with Gasteiger partial charge in [-0.25, -0.2) is 4.98 Å². The van der Waals surface area contributed by atoms with Crippen molar-refractivity contribution in [1.82, 2.24) is 4.98 Å². The van der Waals surface area contributed by atoms with Gasteiger partial charge < -0.3 is 5.73 Å². The topological polar surface area (TPSA) is 56.0 Å². The van der Waals surface area contributed by atoms with Gasteiger partial charge in [-0.05, 0) is 26.8 Å². The Morgan fingerprint density at radius 2 is 2.20 bits per heavy atom. The fourth-order valence-electron chi connectivity index (χ4n) is 1.23. The van der Waals surface area contributed by atoms with Crippen molar-refractivity contribution in [3.05, 3.63) is 15.6 Å². The maximum absolute atomic E-state index is 11.8. The lowest BCUT2D eigenvalue weighted by Gasteiger charge is -2.07. The van der Waals surface area contributed by atoms with Crippen LogP contribution < -0.4 is 5.73 Å². The van der Waals surface area contributed by atoms with Gasteiger partial charge in [0.1, 0.15) is 5.01 Å². The lowest BCUT2D eigenvalue weighted by molar-refractivity contribution is 0.665. The van der Waals surface area contributed by atoms with Crippen molar-refractivity contribution in [2.75, 3.05) is 6.54 Å². The smallest absolute Gasteiger partial charge is 0.106 e. The van der Waals surface area contributed by atoms with Crippen molar-refractivity contribution in [2.45, 2.75) is 38.2 Å². The summed E-state index contributed by atoms with van der Waals surface area (Å²) in [5.41, 5.74) is 6.50. The molecule has 86 valence electrons. The number of aromatic nitrogens is 1. The van der Waals surface area contributed by atoms with E-state index in [1.807, 2.05) is 20.8 Å². The third-order valence-electron chi connectivity index (χ3n) is 2.36. The second-order valence-corrected chi connectivity index (χ2v) is 6.80. The third-order valence-corrected chi connectivity index (χ3v) is 5.31. The van der Waals surface area contributed by atoms with Crippen LogP contribution in [0, 0.1) is 13.8 Å². The molecule has 0 amide bonds. The average molecular weight is 246 g/mol. The summed E-state index contributed by atoms with van der Waals surface area (Å²) in [5, 5.41) is 1.15. The van der Waals surface area contributed by atoms with Gasteiger partial charge in [-0.3, -0.25) is 4.21 Å². The van der Waals surface area contributed by atoms with Crippen LogP contribution in [0.2, 0.25) is 0 Å². The highest BCUT2D eigenvalue weighted by atomic mass is 32.2. The van der Waals surface area contributed by atoms with Gasteiger partial charge >= 0.3 is 0 Å². The van der Waals surface area contributed by atoms with E-state index in [1.54, 1.807) is 11.3 Å². The zero-order valence-electron chi connectivity index (χ0n) is 9.45. The van der Waals surface area contributed by atoms with Crippen LogP contribution in [0.3, 0.4) is 0 Å². The molecule has 0 spiro atoms. The van der Waals surface area contributed by atoms with Crippen molar-refractivity contribution in [3.8, 4) is 0 Å². The summed E-state index contributed by atoms with van der Waals surface area (Å²) in [6, 6.07) is 0. The molecule has 1 aromatic rings. The van der Waals surface area contributed by atoms with Crippen molar-refractivity contribution >= 4 is 22.1 Å². The summed E-state index contributed by atoms with van der Waals surface area (Å²) >= 11 is 1.64. The molecular weight excluding hydrogens is 228 g/mol. The van der Waals surface area contributed by atoms with Crippen LogP contribution in [0.1, 0.15) is 28.9 Å². The van der Waals surface area contributed by atoms with Crippen LogP contribution in [-0.4, -0.2) is 21.0 Å². The van der Waals surface area contributed by atoms with Gasteiger partial charge in [0, 0.05) is 20.9 Å². The lowest BCUT2D eigenvalue weighted by Crippen LogP contribution is -2.17. The van der Waals surface area contributed by atoms with Crippen LogP contribution in [-0.2, 0) is 16.6 Å². The van der Waals surface area contributed by atoms with E-state index in [4.69, 9.17) is 5.73 Å². The van der Waals surface area contributed by atoms with Gasteiger partial charge in [-0.2, -0.15) is 0 Å². The molecule has 0 saturated heterocycles. The Morgan fingerprint density at radius 3 is 2.67 bits per heavy atom. The zero-order chi connectivity index (χ0) is 11.4. The van der Waals surface area contributed by atoms with Crippen LogP contribution >= 0.6 is 11.3 Å². The molecule has 1 rings (SSSR count). The summed E-state index contributed by atoms with van der Waals surface area (Å²) in [5.74, 6) is 0.570. The first-order chi connectivity index (χ1) is 7.04. The molecule has 0 aromatic carbocycles. The molecule has 0 saturated carbocycles. The summed E-state index contributed by atoms with van der Waals surface area (Å²) in [7, 11) is -0.843. The minimum absolute atomic E-state index is 0.166. The number of hydrogen-bond acceptors (Lipinski definition) is 4. The maximum atomic E-state index is 11.8. The number of nitrogens with two attached hydrogens (primary N) is 1. The zero-order valence-corrected chi connectivity index (χ0v) is 11.1. The summed E-state index contributed by atoms with van der Waals surface area (Å²) < 4.78 is 11.8. The number of thiazole rings is 1. The summed E-state index contributed by atoms with van der Waals surface area (Å²) in [4.78, 5) is 5.60. The highest BCUT2D eigenvalue weighted by molar-refractivity contribution is 7.84. The predicted molar refractivity (Wildman–Crippen MR) is 66.6 cm³/mol. The molecule has 0 fully saturated rings. The monoisotopic (exact) mass is 246 g/mol. The predicted octanol–water partition coefficient (Wildman–Crippen LogP) is 1.75. The SMILES string of the molecule is Cc1nc(CS(=O)C(C)CCN)sc1C.